The second kappa shape index (κ2) is 21.0. The highest BCUT2D eigenvalue weighted by Crippen LogP contribution is 2.63. The van der Waals surface area contributed by atoms with Crippen LogP contribution in [0.5, 0.6) is 0 Å². The van der Waals surface area contributed by atoms with E-state index < -0.39 is 13.3 Å². The Balaban J connectivity index is 1.35. The monoisotopic (exact) mass is 712 g/mol. The molecule has 278 valence electrons. The number of fused-ring (bicyclic) bond motifs is 1. The van der Waals surface area contributed by atoms with Gasteiger partial charge in [0.15, 0.2) is 11.7 Å². The number of Topliss-reactive ketones (excluding diaryl/α,β-unsaturated/α-hetero) is 1. The first-order chi connectivity index (χ1) is 25.0. The topological polar surface area (TPSA) is 65.5 Å². The number of guanidine groups is 1. The van der Waals surface area contributed by atoms with Gasteiger partial charge in [-0.1, -0.05) is 127 Å². The lowest BCUT2D eigenvalue weighted by Crippen LogP contribution is -2.53. The van der Waals surface area contributed by atoms with E-state index in [4.69, 9.17) is 4.99 Å². The van der Waals surface area contributed by atoms with Gasteiger partial charge < -0.3 is 16.0 Å². The molecule has 6 heteroatoms. The average Bonchev–Trinajstić information content (AvgIpc) is 3.17. The van der Waals surface area contributed by atoms with Crippen molar-refractivity contribution < 1.29 is 4.79 Å². The maximum absolute atomic E-state index is 14.4. The maximum atomic E-state index is 14.4. The molecule has 1 atom stereocenters. The molecule has 2 saturated carbocycles. The first-order valence-corrected chi connectivity index (χ1v) is 23.4. The molecule has 3 aromatic carbocycles. The number of aliphatic imine (C=N–C) groups is 1. The van der Waals surface area contributed by atoms with Crippen molar-refractivity contribution in [3.8, 4) is 0 Å². The Morgan fingerprint density at radius 3 is 1.98 bits per heavy atom. The highest BCUT2D eigenvalue weighted by atomic mass is 31.2. The summed E-state index contributed by atoms with van der Waals surface area (Å²) in [4.78, 5) is 19.7. The molecule has 3 N–H and O–H groups in total. The van der Waals surface area contributed by atoms with Crippen LogP contribution in [-0.4, -0.2) is 54.9 Å². The molecule has 51 heavy (non-hydrogen) atoms. The van der Waals surface area contributed by atoms with Crippen molar-refractivity contribution >= 4 is 35.5 Å². The molecule has 0 aromatic heterocycles. The fraction of sp³-hybridized carbons (Fsp3) is 0.600. The zero-order chi connectivity index (χ0) is 35.7. The minimum absolute atomic E-state index is 0.101. The van der Waals surface area contributed by atoms with Crippen LogP contribution < -0.4 is 16.0 Å². The van der Waals surface area contributed by atoms with Crippen molar-refractivity contribution in [3.05, 3.63) is 77.9 Å². The summed E-state index contributed by atoms with van der Waals surface area (Å²) in [7, 11) is -1.02. The van der Waals surface area contributed by atoms with E-state index in [1.165, 1.54) is 107 Å². The number of carbonyl (C=O) groups is 1. The molecule has 0 spiro atoms. The third kappa shape index (κ3) is 12.3. The van der Waals surface area contributed by atoms with Crippen LogP contribution in [0.4, 0.5) is 5.69 Å². The molecule has 0 aliphatic heterocycles. The number of rotatable bonds is 19. The minimum atomic E-state index is -1.02. The van der Waals surface area contributed by atoms with E-state index in [9.17, 15) is 4.79 Å². The van der Waals surface area contributed by atoms with Crippen molar-refractivity contribution in [2.24, 2.45) is 4.99 Å². The van der Waals surface area contributed by atoms with Crippen LogP contribution in [0.15, 0.2) is 71.7 Å². The van der Waals surface area contributed by atoms with Crippen LogP contribution in [-0.2, 0) is 6.16 Å². The molecule has 5 rings (SSSR count). The summed E-state index contributed by atoms with van der Waals surface area (Å²) in [5.74, 6) is 0.917. The van der Waals surface area contributed by atoms with Crippen LogP contribution in [0, 0.1) is 0 Å². The van der Waals surface area contributed by atoms with Crippen molar-refractivity contribution in [2.45, 2.75) is 148 Å². The van der Waals surface area contributed by atoms with Gasteiger partial charge >= 0.3 is 0 Å². The molecule has 0 bridgehead atoms. The van der Waals surface area contributed by atoms with Crippen LogP contribution in [0.1, 0.15) is 139 Å². The van der Waals surface area contributed by atoms with E-state index in [0.29, 0.717) is 18.6 Å². The third-order valence-electron chi connectivity index (χ3n) is 11.4. The van der Waals surface area contributed by atoms with E-state index >= 15 is 0 Å². The standard InChI is InChI=1S/C45H68N4OP/c1-4-7-30-51(31-8-5-2,32-9-6-3)35-36-24-28-40(29-25-36)46-34-43(44(50)39-27-26-37-18-16-17-19-38(37)33-39)49-45(47-41-20-12-10-13-21-41)48-42-22-14-11-15-23-42/h16-19,24-29,33,41-43,46H,4-15,20-23,30-32,34-35H2,1-3H3,(H2,47,48,49)/q+1. The summed E-state index contributed by atoms with van der Waals surface area (Å²) in [6.45, 7) is 7.52. The van der Waals surface area contributed by atoms with E-state index in [0.717, 1.165) is 53.7 Å². The maximum Gasteiger partial charge on any atom is 0.192 e. The van der Waals surface area contributed by atoms with Gasteiger partial charge in [-0.3, -0.25) is 4.79 Å². The van der Waals surface area contributed by atoms with E-state index in [1.54, 1.807) is 0 Å². The zero-order valence-corrected chi connectivity index (χ0v) is 33.1. The first-order valence-electron chi connectivity index (χ1n) is 20.8. The average molecular weight is 712 g/mol. The molecule has 1 unspecified atom stereocenters. The van der Waals surface area contributed by atoms with Crippen LogP contribution in [0.2, 0.25) is 0 Å². The molecule has 2 fully saturated rings. The molecule has 5 nitrogen and oxygen atoms in total. The second-order valence-corrected chi connectivity index (χ2v) is 20.0. The predicted molar refractivity (Wildman–Crippen MR) is 224 cm³/mol. The number of unbranched alkanes of at least 4 members (excludes halogenated alkanes) is 3. The lowest BCUT2D eigenvalue weighted by molar-refractivity contribution is 0.0956. The van der Waals surface area contributed by atoms with Crippen molar-refractivity contribution in [2.75, 3.05) is 30.3 Å². The highest BCUT2D eigenvalue weighted by molar-refractivity contribution is 7.75. The van der Waals surface area contributed by atoms with Crippen LogP contribution >= 0.6 is 7.26 Å². The molecule has 3 aromatic rings. The largest absolute Gasteiger partial charge is 0.383 e. The van der Waals surface area contributed by atoms with Gasteiger partial charge in [0.2, 0.25) is 0 Å². The SMILES string of the molecule is CCCC[P+](CCCC)(CCCC)Cc1ccc(NCC(NC(=NC2CCCCC2)NC2CCCCC2)C(=O)c2ccc3ccccc3c2)cc1. The van der Waals surface area contributed by atoms with Gasteiger partial charge in [0.25, 0.3) is 0 Å². The number of nitrogens with zero attached hydrogens (tertiary/aromatic N) is 1. The summed E-state index contributed by atoms with van der Waals surface area (Å²) in [5, 5.41) is 13.4. The zero-order valence-electron chi connectivity index (χ0n) is 32.2. The van der Waals surface area contributed by atoms with E-state index in [1.807, 2.05) is 12.1 Å². The predicted octanol–water partition coefficient (Wildman–Crippen LogP) is 11.6. The van der Waals surface area contributed by atoms with Crippen molar-refractivity contribution in [1.29, 1.82) is 0 Å². The Bertz CT molecular complexity index is 1470. The Morgan fingerprint density at radius 1 is 0.745 bits per heavy atom. The summed E-state index contributed by atoms with van der Waals surface area (Å²) >= 11 is 0. The third-order valence-corrected chi connectivity index (χ3v) is 16.3. The van der Waals surface area contributed by atoms with Crippen molar-refractivity contribution in [3.63, 3.8) is 0 Å². The Kier molecular flexibility index (Phi) is 16.1. The molecule has 0 radical (unpaired) electrons. The second-order valence-electron chi connectivity index (χ2n) is 15.7. The lowest BCUT2D eigenvalue weighted by Gasteiger charge is -2.29. The van der Waals surface area contributed by atoms with Gasteiger partial charge in [0, 0.05) is 31.1 Å². The summed E-state index contributed by atoms with van der Waals surface area (Å²) in [5.41, 5.74) is 3.30. The smallest absolute Gasteiger partial charge is 0.192 e. The quantitative estimate of drug-likeness (QED) is 0.0501. The number of ketones is 1. The van der Waals surface area contributed by atoms with Gasteiger partial charge in [-0.15, -0.1) is 0 Å². The van der Waals surface area contributed by atoms with Gasteiger partial charge in [0.05, 0.1) is 30.7 Å². The number of benzene rings is 3. The fourth-order valence-corrected chi connectivity index (χ4v) is 13.3. The van der Waals surface area contributed by atoms with E-state index in [-0.39, 0.29) is 5.78 Å². The Morgan fingerprint density at radius 2 is 1.35 bits per heavy atom. The minimum Gasteiger partial charge on any atom is -0.383 e. The van der Waals surface area contributed by atoms with Gasteiger partial charge in [-0.05, 0) is 79.5 Å². The fourth-order valence-electron chi connectivity index (χ4n) is 8.26. The Hall–Kier alpha value is -2.91. The number of hydrogen-bond acceptors (Lipinski definition) is 3. The van der Waals surface area contributed by atoms with E-state index in [2.05, 4.69) is 91.3 Å². The first kappa shape index (κ1) is 39.3. The van der Waals surface area contributed by atoms with Crippen molar-refractivity contribution in [1.82, 2.24) is 10.6 Å². The number of anilines is 1. The number of hydrogen-bond donors (Lipinski definition) is 3. The number of nitrogens with one attached hydrogen (secondary N) is 3. The number of carbonyl (C=O) groups excluding carboxylic acids is 1. The molecule has 0 amide bonds. The summed E-state index contributed by atoms with van der Waals surface area (Å²) < 4.78 is 0. The molecular weight excluding hydrogens is 643 g/mol. The highest BCUT2D eigenvalue weighted by Gasteiger charge is 2.35. The molecule has 0 saturated heterocycles. The van der Waals surface area contributed by atoms with Gasteiger partial charge in [0.1, 0.15) is 6.04 Å². The molecule has 2 aliphatic rings. The van der Waals surface area contributed by atoms with Crippen LogP contribution in [0.25, 0.3) is 10.8 Å². The molecular formula is C45H68N4OP+. The van der Waals surface area contributed by atoms with Gasteiger partial charge in [-0.2, -0.15) is 0 Å². The lowest BCUT2D eigenvalue weighted by atomic mass is 9.95. The summed E-state index contributed by atoms with van der Waals surface area (Å²) in [6.07, 6.45) is 25.7. The molecule has 2 aliphatic carbocycles. The summed E-state index contributed by atoms with van der Waals surface area (Å²) in [6, 6.07) is 23.9. The Labute approximate surface area is 311 Å². The van der Waals surface area contributed by atoms with Crippen LogP contribution in [0.3, 0.4) is 0 Å². The molecule has 0 heterocycles. The normalized spacial score (nSPS) is 17.0. The van der Waals surface area contributed by atoms with Gasteiger partial charge in [-0.25, -0.2) is 4.99 Å².